The smallest absolute Gasteiger partial charge is 0.235 e. The molecule has 70 valence electrons. The minimum absolute atomic E-state index is 0.407. The van der Waals surface area contributed by atoms with E-state index in [1.54, 1.807) is 0 Å². The van der Waals surface area contributed by atoms with Gasteiger partial charge in [-0.2, -0.15) is 13.2 Å². The number of alkyl halides is 3. The van der Waals surface area contributed by atoms with Gasteiger partial charge in [-0.1, -0.05) is 6.58 Å². The van der Waals surface area contributed by atoms with Crippen LogP contribution in [-0.4, -0.2) is 16.1 Å². The number of aromatic nitrogens is 2. The molecule has 0 spiro atoms. The Morgan fingerprint density at radius 2 is 1.77 bits per heavy atom. The molecule has 0 amide bonds. The van der Waals surface area contributed by atoms with E-state index in [0.717, 1.165) is 0 Å². The lowest BCUT2D eigenvalue weighted by Gasteiger charge is -2.07. The Morgan fingerprint density at radius 3 is 2.15 bits per heavy atom. The highest BCUT2D eigenvalue weighted by molar-refractivity contribution is 9.10. The first kappa shape index (κ1) is 10.2. The highest BCUT2D eigenvalue weighted by Gasteiger charge is 2.34. The summed E-state index contributed by atoms with van der Waals surface area (Å²) in [7, 11) is 0. The van der Waals surface area contributed by atoms with E-state index in [1.807, 2.05) is 0 Å². The van der Waals surface area contributed by atoms with E-state index >= 15 is 0 Å². The van der Waals surface area contributed by atoms with Crippen LogP contribution in [0.1, 0.15) is 5.82 Å². The van der Waals surface area contributed by atoms with Gasteiger partial charge in [-0.25, -0.2) is 9.97 Å². The summed E-state index contributed by atoms with van der Waals surface area (Å²) in [6.07, 6.45) is -2.01. The Balaban J connectivity index is 2.97. The van der Waals surface area contributed by atoms with Gasteiger partial charge in [-0.15, -0.1) is 0 Å². The summed E-state index contributed by atoms with van der Waals surface area (Å²) in [6, 6.07) is 0. The maximum absolute atomic E-state index is 12.0. The molecule has 1 aromatic heterocycles. The second-order valence-corrected chi connectivity index (χ2v) is 3.12. The van der Waals surface area contributed by atoms with Gasteiger partial charge in [0.15, 0.2) is 5.82 Å². The minimum Gasteiger partial charge on any atom is -0.235 e. The van der Waals surface area contributed by atoms with Gasteiger partial charge >= 0.3 is 6.18 Å². The average molecular weight is 253 g/mol. The van der Waals surface area contributed by atoms with Crippen molar-refractivity contribution in [1.29, 1.82) is 0 Å². The van der Waals surface area contributed by atoms with Crippen molar-refractivity contribution in [2.75, 3.05) is 0 Å². The van der Waals surface area contributed by atoms with Crippen LogP contribution in [-0.2, 0) is 0 Å². The predicted octanol–water partition coefficient (Wildman–Crippen LogP) is 2.81. The summed E-state index contributed by atoms with van der Waals surface area (Å²) in [5.41, 5.74) is -1.04. The normalized spacial score (nSPS) is 11.4. The van der Waals surface area contributed by atoms with E-state index in [0.29, 0.717) is 4.47 Å². The molecule has 0 fully saturated rings. The highest BCUT2D eigenvalue weighted by Crippen LogP contribution is 2.30. The van der Waals surface area contributed by atoms with Gasteiger partial charge in [0.1, 0.15) is 0 Å². The third-order valence-corrected chi connectivity index (χ3v) is 1.64. The molecular formula is C7H4BrF3N2. The van der Waals surface area contributed by atoms with E-state index in [-0.39, 0.29) is 0 Å². The molecular weight excluding hydrogens is 249 g/mol. The Morgan fingerprint density at radius 1 is 1.31 bits per heavy atom. The van der Waals surface area contributed by atoms with Crippen molar-refractivity contribution in [2.24, 2.45) is 0 Å². The lowest BCUT2D eigenvalue weighted by molar-refractivity contribution is -0.0691. The van der Waals surface area contributed by atoms with Crippen LogP contribution < -0.4 is 0 Å². The zero-order valence-electron chi connectivity index (χ0n) is 6.27. The molecule has 0 atom stereocenters. The number of hydrogen-bond acceptors (Lipinski definition) is 2. The topological polar surface area (TPSA) is 25.8 Å². The second-order valence-electron chi connectivity index (χ2n) is 2.20. The Labute approximate surface area is 80.6 Å². The summed E-state index contributed by atoms with van der Waals surface area (Å²) in [4.78, 5) is 6.93. The van der Waals surface area contributed by atoms with E-state index in [4.69, 9.17) is 0 Å². The fraction of sp³-hybridized carbons (Fsp3) is 0.143. The van der Waals surface area contributed by atoms with Gasteiger partial charge in [0, 0.05) is 12.4 Å². The Kier molecular flexibility index (Phi) is 2.70. The average Bonchev–Trinajstić information content (AvgIpc) is 2.03. The van der Waals surface area contributed by atoms with Crippen molar-refractivity contribution in [2.45, 2.75) is 6.18 Å². The molecule has 0 unspecified atom stereocenters. The highest BCUT2D eigenvalue weighted by atomic mass is 79.9. The molecule has 0 radical (unpaired) electrons. The van der Waals surface area contributed by atoms with Gasteiger partial charge in [0.25, 0.3) is 0 Å². The van der Waals surface area contributed by atoms with E-state index in [2.05, 4.69) is 32.5 Å². The molecule has 13 heavy (non-hydrogen) atoms. The van der Waals surface area contributed by atoms with E-state index < -0.39 is 17.6 Å². The van der Waals surface area contributed by atoms with Crippen LogP contribution in [0.15, 0.2) is 23.4 Å². The molecule has 0 bridgehead atoms. The van der Waals surface area contributed by atoms with Crippen molar-refractivity contribution in [3.8, 4) is 0 Å². The first-order valence-electron chi connectivity index (χ1n) is 3.15. The van der Waals surface area contributed by atoms with Gasteiger partial charge in [-0.3, -0.25) is 0 Å². The first-order chi connectivity index (χ1) is 5.91. The van der Waals surface area contributed by atoms with Crippen LogP contribution in [0.3, 0.4) is 0 Å². The van der Waals surface area contributed by atoms with E-state index in [1.165, 1.54) is 12.4 Å². The van der Waals surface area contributed by atoms with Crippen LogP contribution in [0.2, 0.25) is 0 Å². The quantitative estimate of drug-likeness (QED) is 0.769. The molecule has 0 aliphatic heterocycles. The number of rotatable bonds is 1. The van der Waals surface area contributed by atoms with Crippen molar-refractivity contribution < 1.29 is 13.2 Å². The standard InChI is InChI=1S/C7H4BrF3N2/c1-4(7(9,10)11)6-12-2-5(8)3-13-6/h2-3H,1H2. The molecule has 0 aromatic carbocycles. The lowest BCUT2D eigenvalue weighted by Crippen LogP contribution is -2.11. The molecule has 0 saturated heterocycles. The summed E-state index contributed by atoms with van der Waals surface area (Å²) in [5, 5.41) is 0. The fourth-order valence-corrected chi connectivity index (χ4v) is 0.800. The number of nitrogens with zero attached hydrogens (tertiary/aromatic N) is 2. The number of halogens is 4. The molecule has 0 N–H and O–H groups in total. The molecule has 1 aromatic rings. The van der Waals surface area contributed by atoms with Crippen molar-refractivity contribution >= 4 is 21.5 Å². The number of allylic oxidation sites excluding steroid dienone is 1. The van der Waals surface area contributed by atoms with Crippen LogP contribution in [0, 0.1) is 0 Å². The molecule has 1 heterocycles. The van der Waals surface area contributed by atoms with Gasteiger partial charge < -0.3 is 0 Å². The minimum atomic E-state index is -4.48. The summed E-state index contributed by atoms with van der Waals surface area (Å²) in [6.45, 7) is 2.86. The summed E-state index contributed by atoms with van der Waals surface area (Å²) < 4.78 is 36.7. The Hall–Kier alpha value is -0.910. The molecule has 0 saturated carbocycles. The largest absolute Gasteiger partial charge is 0.419 e. The first-order valence-corrected chi connectivity index (χ1v) is 3.94. The van der Waals surface area contributed by atoms with E-state index in [9.17, 15) is 13.2 Å². The third kappa shape index (κ3) is 2.51. The maximum atomic E-state index is 12.0. The maximum Gasteiger partial charge on any atom is 0.419 e. The van der Waals surface area contributed by atoms with Crippen LogP contribution in [0.4, 0.5) is 13.2 Å². The molecule has 2 nitrogen and oxygen atoms in total. The third-order valence-electron chi connectivity index (χ3n) is 1.23. The second kappa shape index (κ2) is 3.45. The molecule has 0 aliphatic rings. The van der Waals surface area contributed by atoms with Crippen molar-refractivity contribution in [3.63, 3.8) is 0 Å². The van der Waals surface area contributed by atoms with Gasteiger partial charge in [-0.05, 0) is 15.9 Å². The molecule has 1 rings (SSSR count). The van der Waals surface area contributed by atoms with Gasteiger partial charge in [0.2, 0.25) is 0 Å². The lowest BCUT2D eigenvalue weighted by atomic mass is 10.3. The number of hydrogen-bond donors (Lipinski definition) is 0. The van der Waals surface area contributed by atoms with Crippen molar-refractivity contribution in [3.05, 3.63) is 29.3 Å². The van der Waals surface area contributed by atoms with Crippen LogP contribution in [0.5, 0.6) is 0 Å². The van der Waals surface area contributed by atoms with Crippen LogP contribution >= 0.6 is 15.9 Å². The Bertz CT molecular complexity index is 318. The molecule has 0 aliphatic carbocycles. The summed E-state index contributed by atoms with van der Waals surface area (Å²) in [5.74, 6) is -0.407. The monoisotopic (exact) mass is 252 g/mol. The zero-order valence-corrected chi connectivity index (χ0v) is 7.85. The van der Waals surface area contributed by atoms with Crippen molar-refractivity contribution in [1.82, 2.24) is 9.97 Å². The SMILES string of the molecule is C=C(c1ncc(Br)cn1)C(F)(F)F. The summed E-state index contributed by atoms with van der Waals surface area (Å²) >= 11 is 3.01. The molecule has 6 heteroatoms. The zero-order chi connectivity index (χ0) is 10.1. The predicted molar refractivity (Wildman–Crippen MR) is 44.8 cm³/mol. The fourth-order valence-electron chi connectivity index (χ4n) is 0.595. The van der Waals surface area contributed by atoms with Crippen LogP contribution in [0.25, 0.3) is 5.57 Å². The van der Waals surface area contributed by atoms with Gasteiger partial charge in [0.05, 0.1) is 10.0 Å².